The van der Waals surface area contributed by atoms with Crippen LogP contribution in [0.5, 0.6) is 0 Å². The first-order valence-electron chi connectivity index (χ1n) is 8.14. The molecule has 2 aromatic rings. The number of carbonyl (C=O) groups is 1. The summed E-state index contributed by atoms with van der Waals surface area (Å²) in [5, 5.41) is 3.84. The predicted octanol–water partition coefficient (Wildman–Crippen LogP) is 3.01. The van der Waals surface area contributed by atoms with Crippen molar-refractivity contribution in [3.63, 3.8) is 0 Å². The van der Waals surface area contributed by atoms with Gasteiger partial charge in [-0.05, 0) is 30.4 Å². The molecule has 0 aliphatic carbocycles. The van der Waals surface area contributed by atoms with Crippen LogP contribution < -0.4 is 0 Å². The van der Waals surface area contributed by atoms with Crippen molar-refractivity contribution in [1.82, 2.24) is 15.0 Å². The molecule has 3 rings (SSSR count). The van der Waals surface area contributed by atoms with Crippen molar-refractivity contribution in [2.24, 2.45) is 5.92 Å². The molecule has 5 heteroatoms. The van der Waals surface area contributed by atoms with Crippen molar-refractivity contribution >= 4 is 5.91 Å². The van der Waals surface area contributed by atoms with Crippen LogP contribution in [0.4, 0.5) is 0 Å². The van der Waals surface area contributed by atoms with E-state index >= 15 is 0 Å². The van der Waals surface area contributed by atoms with Gasteiger partial charge < -0.3 is 9.42 Å². The summed E-state index contributed by atoms with van der Waals surface area (Å²) in [4.78, 5) is 18.9. The van der Waals surface area contributed by atoms with Gasteiger partial charge in [0.1, 0.15) is 0 Å². The van der Waals surface area contributed by atoms with Crippen molar-refractivity contribution < 1.29 is 9.32 Å². The molecule has 0 N–H and O–H groups in total. The first-order valence-corrected chi connectivity index (χ1v) is 8.14. The molecule has 1 aliphatic heterocycles. The number of hydrogen-bond acceptors (Lipinski definition) is 4. The average molecular weight is 313 g/mol. The minimum absolute atomic E-state index is 0.0655. The van der Waals surface area contributed by atoms with Gasteiger partial charge in [0.2, 0.25) is 11.8 Å². The SMILES string of the molecule is Cc1ccc2c(c1)CCN(C(=O)Cc1noc(C)n1)C2C(C)C. The van der Waals surface area contributed by atoms with E-state index in [-0.39, 0.29) is 18.4 Å². The monoisotopic (exact) mass is 313 g/mol. The fraction of sp³-hybridized carbons (Fsp3) is 0.500. The average Bonchev–Trinajstić information content (AvgIpc) is 2.90. The zero-order valence-electron chi connectivity index (χ0n) is 14.2. The molecule has 0 saturated heterocycles. The van der Waals surface area contributed by atoms with E-state index in [0.717, 1.165) is 13.0 Å². The Morgan fingerprint density at radius 2 is 2.17 bits per heavy atom. The highest BCUT2D eigenvalue weighted by atomic mass is 16.5. The van der Waals surface area contributed by atoms with Gasteiger partial charge in [0, 0.05) is 13.5 Å². The van der Waals surface area contributed by atoms with E-state index in [9.17, 15) is 4.79 Å². The van der Waals surface area contributed by atoms with Crippen molar-refractivity contribution in [2.75, 3.05) is 6.54 Å². The van der Waals surface area contributed by atoms with E-state index in [4.69, 9.17) is 4.52 Å². The maximum absolute atomic E-state index is 12.8. The number of carbonyl (C=O) groups excluding carboxylic acids is 1. The Labute approximate surface area is 136 Å². The highest BCUT2D eigenvalue weighted by Crippen LogP contribution is 2.35. The minimum atomic E-state index is 0.0655. The van der Waals surface area contributed by atoms with Crippen LogP contribution >= 0.6 is 0 Å². The van der Waals surface area contributed by atoms with Gasteiger partial charge in [0.25, 0.3) is 0 Å². The predicted molar refractivity (Wildman–Crippen MR) is 86.9 cm³/mol. The van der Waals surface area contributed by atoms with Gasteiger partial charge in [-0.3, -0.25) is 4.79 Å². The van der Waals surface area contributed by atoms with E-state index in [1.54, 1.807) is 6.92 Å². The van der Waals surface area contributed by atoms with Gasteiger partial charge in [0.05, 0.1) is 12.5 Å². The first kappa shape index (κ1) is 15.7. The van der Waals surface area contributed by atoms with Crippen LogP contribution in [0, 0.1) is 19.8 Å². The van der Waals surface area contributed by atoms with E-state index in [0.29, 0.717) is 17.6 Å². The maximum atomic E-state index is 12.8. The summed E-state index contributed by atoms with van der Waals surface area (Å²) in [6.45, 7) is 8.92. The molecule has 1 aromatic heterocycles. The molecule has 0 spiro atoms. The molecule has 1 amide bonds. The summed E-state index contributed by atoms with van der Waals surface area (Å²) in [5.74, 6) is 1.38. The van der Waals surface area contributed by atoms with Crippen LogP contribution in [-0.2, 0) is 17.6 Å². The Kier molecular flexibility index (Phi) is 4.20. The van der Waals surface area contributed by atoms with Crippen LogP contribution in [0.3, 0.4) is 0 Å². The van der Waals surface area contributed by atoms with Gasteiger partial charge >= 0.3 is 0 Å². The Bertz CT molecular complexity index is 721. The fourth-order valence-electron chi connectivity index (χ4n) is 3.44. The molecule has 1 atom stereocenters. The summed E-state index contributed by atoms with van der Waals surface area (Å²) in [5.41, 5.74) is 3.91. The van der Waals surface area contributed by atoms with Crippen LogP contribution in [0.2, 0.25) is 0 Å². The van der Waals surface area contributed by atoms with E-state index in [1.165, 1.54) is 16.7 Å². The third-order valence-corrected chi connectivity index (χ3v) is 4.41. The number of rotatable bonds is 3. The van der Waals surface area contributed by atoms with Crippen LogP contribution in [0.1, 0.15) is 48.3 Å². The number of hydrogen-bond donors (Lipinski definition) is 0. The lowest BCUT2D eigenvalue weighted by atomic mass is 9.85. The molecule has 1 aromatic carbocycles. The molecule has 0 fully saturated rings. The third kappa shape index (κ3) is 3.14. The van der Waals surface area contributed by atoms with Crippen molar-refractivity contribution in [1.29, 1.82) is 0 Å². The molecule has 23 heavy (non-hydrogen) atoms. The second-order valence-corrected chi connectivity index (χ2v) is 6.63. The first-order chi connectivity index (χ1) is 11.0. The largest absolute Gasteiger partial charge is 0.340 e. The number of nitrogens with zero attached hydrogens (tertiary/aromatic N) is 3. The summed E-state index contributed by atoms with van der Waals surface area (Å²) < 4.78 is 4.96. The number of aromatic nitrogens is 2. The Morgan fingerprint density at radius 1 is 1.39 bits per heavy atom. The fourth-order valence-corrected chi connectivity index (χ4v) is 3.44. The van der Waals surface area contributed by atoms with Crippen LogP contribution in [0.15, 0.2) is 22.7 Å². The molecule has 1 unspecified atom stereocenters. The summed E-state index contributed by atoms with van der Waals surface area (Å²) in [6, 6.07) is 6.66. The molecule has 5 nitrogen and oxygen atoms in total. The third-order valence-electron chi connectivity index (χ3n) is 4.41. The Hall–Kier alpha value is -2.17. The lowest BCUT2D eigenvalue weighted by Crippen LogP contribution is -2.43. The van der Waals surface area contributed by atoms with E-state index < -0.39 is 0 Å². The molecule has 1 aliphatic rings. The molecule has 0 saturated carbocycles. The summed E-state index contributed by atoms with van der Waals surface area (Å²) >= 11 is 0. The Balaban J connectivity index is 1.87. The molecule has 2 heterocycles. The van der Waals surface area contributed by atoms with Gasteiger partial charge in [-0.25, -0.2) is 0 Å². The van der Waals surface area contributed by atoms with E-state index in [1.807, 2.05) is 4.90 Å². The lowest BCUT2D eigenvalue weighted by Gasteiger charge is -2.40. The van der Waals surface area contributed by atoms with Crippen molar-refractivity contribution in [3.05, 3.63) is 46.6 Å². The maximum Gasteiger partial charge on any atom is 0.230 e. The molecule has 0 radical (unpaired) electrons. The topological polar surface area (TPSA) is 59.2 Å². The zero-order chi connectivity index (χ0) is 16.6. The van der Waals surface area contributed by atoms with Gasteiger partial charge in [-0.2, -0.15) is 4.98 Å². The number of aryl methyl sites for hydroxylation is 2. The molecular formula is C18H23N3O2. The lowest BCUT2D eigenvalue weighted by molar-refractivity contribution is -0.134. The number of benzene rings is 1. The normalized spacial score (nSPS) is 17.4. The Morgan fingerprint density at radius 3 is 2.83 bits per heavy atom. The number of amides is 1. The van der Waals surface area contributed by atoms with Gasteiger partial charge in [-0.1, -0.05) is 42.8 Å². The van der Waals surface area contributed by atoms with Crippen LogP contribution in [0.25, 0.3) is 0 Å². The second-order valence-electron chi connectivity index (χ2n) is 6.63. The highest BCUT2D eigenvalue weighted by Gasteiger charge is 2.33. The molecule has 0 bridgehead atoms. The van der Waals surface area contributed by atoms with Gasteiger partial charge in [-0.15, -0.1) is 0 Å². The van der Waals surface area contributed by atoms with Crippen LogP contribution in [-0.4, -0.2) is 27.5 Å². The minimum Gasteiger partial charge on any atom is -0.340 e. The van der Waals surface area contributed by atoms with E-state index in [2.05, 4.69) is 49.1 Å². The van der Waals surface area contributed by atoms with Crippen molar-refractivity contribution in [3.8, 4) is 0 Å². The molecule has 122 valence electrons. The number of fused-ring (bicyclic) bond motifs is 1. The highest BCUT2D eigenvalue weighted by molar-refractivity contribution is 5.79. The quantitative estimate of drug-likeness (QED) is 0.874. The van der Waals surface area contributed by atoms with Gasteiger partial charge in [0.15, 0.2) is 5.82 Å². The smallest absolute Gasteiger partial charge is 0.230 e. The van der Waals surface area contributed by atoms with Crippen molar-refractivity contribution in [2.45, 2.75) is 46.6 Å². The summed E-state index contributed by atoms with van der Waals surface area (Å²) in [6.07, 6.45) is 1.10. The standard InChI is InChI=1S/C18H23N3O2/c1-11(2)18-15-6-5-12(3)9-14(15)7-8-21(18)17(22)10-16-19-13(4)23-20-16/h5-6,9,11,18H,7-8,10H2,1-4H3. The zero-order valence-corrected chi connectivity index (χ0v) is 14.2. The summed E-state index contributed by atoms with van der Waals surface area (Å²) in [7, 11) is 0. The second kappa shape index (κ2) is 6.14. The molecular weight excluding hydrogens is 290 g/mol.